The van der Waals surface area contributed by atoms with Gasteiger partial charge in [-0.1, -0.05) is 0 Å². The molecule has 0 rings (SSSR count). The summed E-state index contributed by atoms with van der Waals surface area (Å²) in [5.41, 5.74) is 0. The lowest BCUT2D eigenvalue weighted by Crippen LogP contribution is -2.25. The van der Waals surface area contributed by atoms with Gasteiger partial charge < -0.3 is 4.74 Å². The number of nitrogens with one attached hydrogen (secondary N) is 1. The summed E-state index contributed by atoms with van der Waals surface area (Å²) in [6, 6.07) is 0.565. The third kappa shape index (κ3) is 6.62. The highest BCUT2D eigenvalue weighted by atomic mass is 32.2. The largest absolute Gasteiger partial charge is 0.383 e. The Bertz CT molecular complexity index is 90.5. The van der Waals surface area contributed by atoms with E-state index < -0.39 is 0 Å². The fourth-order valence-corrected chi connectivity index (χ4v) is 0.986. The van der Waals surface area contributed by atoms with Gasteiger partial charge >= 0.3 is 0 Å². The Morgan fingerprint density at radius 1 is 1.55 bits per heavy atom. The molecule has 0 atom stereocenters. The van der Waals surface area contributed by atoms with Gasteiger partial charge in [0.05, 0.1) is 6.61 Å². The Hall–Kier alpha value is 0.230. The second kappa shape index (κ2) is 6.91. The van der Waals surface area contributed by atoms with Crippen LogP contribution in [0.25, 0.3) is 0 Å². The molecule has 0 aliphatic rings. The molecule has 0 saturated heterocycles. The fraction of sp³-hybridized carbons (Fsp3) is 1.00. The minimum atomic E-state index is 0.565. The van der Waals surface area contributed by atoms with Crippen molar-refractivity contribution in [2.45, 2.75) is 19.9 Å². The van der Waals surface area contributed by atoms with E-state index in [9.17, 15) is 0 Å². The first-order valence-corrected chi connectivity index (χ1v) is 4.57. The highest BCUT2D eigenvalue weighted by Gasteiger charge is 2.01. The van der Waals surface area contributed by atoms with Crippen molar-refractivity contribution >= 4 is 12.1 Å². The van der Waals surface area contributed by atoms with Crippen LogP contribution in [0, 0.1) is 0 Å². The molecule has 0 aliphatic carbocycles. The van der Waals surface area contributed by atoms with Gasteiger partial charge in [-0.25, -0.2) is 9.03 Å². The summed E-state index contributed by atoms with van der Waals surface area (Å²) in [4.78, 5) is 0. The summed E-state index contributed by atoms with van der Waals surface area (Å²) >= 11 is 1.63. The predicted octanol–water partition coefficient (Wildman–Crippen LogP) is 1.13. The van der Waals surface area contributed by atoms with E-state index in [-0.39, 0.29) is 0 Å². The fourth-order valence-electron chi connectivity index (χ4n) is 0.397. The van der Waals surface area contributed by atoms with E-state index in [4.69, 9.17) is 4.74 Å². The normalized spacial score (nSPS) is 11.5. The highest BCUT2D eigenvalue weighted by molar-refractivity contribution is 7.95. The molecule has 68 valence electrons. The van der Waals surface area contributed by atoms with Gasteiger partial charge in [0.1, 0.15) is 0 Å². The minimum absolute atomic E-state index is 0.565. The van der Waals surface area contributed by atoms with Gasteiger partial charge in [-0.15, -0.1) is 0 Å². The smallest absolute Gasteiger partial charge is 0.0596 e. The molecular weight excluding hydrogens is 160 g/mol. The molecule has 1 N–H and O–H groups in total. The average Bonchev–Trinajstić information content (AvgIpc) is 1.97. The Morgan fingerprint density at radius 3 is 2.64 bits per heavy atom. The third-order valence-corrected chi connectivity index (χ3v) is 2.39. The first-order chi connectivity index (χ1) is 5.18. The zero-order valence-corrected chi connectivity index (χ0v) is 8.57. The number of rotatable bonds is 6. The molecule has 0 unspecified atom stereocenters. The number of hydrogen-bond donors (Lipinski definition) is 1. The molecule has 0 aliphatic heterocycles. The first-order valence-electron chi connectivity index (χ1n) is 3.80. The number of nitrogens with zero attached hydrogens (tertiary/aromatic N) is 1. The standard InChI is InChI=1S/C7H18N2OS/c1-7(2)9(3)11-8-5-6-10-4/h7-8H,5-6H2,1-4H3. The topological polar surface area (TPSA) is 24.5 Å². The third-order valence-electron chi connectivity index (χ3n) is 1.34. The molecule has 0 saturated carbocycles. The molecule has 0 amide bonds. The average molecular weight is 178 g/mol. The van der Waals surface area contributed by atoms with Crippen molar-refractivity contribution in [3.05, 3.63) is 0 Å². The summed E-state index contributed by atoms with van der Waals surface area (Å²) in [6.07, 6.45) is 0. The monoisotopic (exact) mass is 178 g/mol. The van der Waals surface area contributed by atoms with E-state index in [1.807, 2.05) is 0 Å². The van der Waals surface area contributed by atoms with Crippen molar-refractivity contribution < 1.29 is 4.74 Å². The van der Waals surface area contributed by atoms with Gasteiger partial charge in [0.25, 0.3) is 0 Å². The molecular formula is C7H18N2OS. The quantitative estimate of drug-likeness (QED) is 0.487. The van der Waals surface area contributed by atoms with E-state index >= 15 is 0 Å². The SMILES string of the molecule is COCCNSN(C)C(C)C. The van der Waals surface area contributed by atoms with Gasteiger partial charge in [-0.05, 0) is 20.9 Å². The Morgan fingerprint density at radius 2 is 2.18 bits per heavy atom. The molecule has 0 aromatic rings. The van der Waals surface area contributed by atoms with Crippen LogP contribution < -0.4 is 4.72 Å². The van der Waals surface area contributed by atoms with Crippen LogP contribution in [-0.4, -0.2) is 37.7 Å². The highest BCUT2D eigenvalue weighted by Crippen LogP contribution is 2.05. The lowest BCUT2D eigenvalue weighted by molar-refractivity contribution is 0.205. The molecule has 0 aromatic heterocycles. The maximum absolute atomic E-state index is 4.89. The molecule has 3 nitrogen and oxygen atoms in total. The van der Waals surface area contributed by atoms with Crippen LogP contribution >= 0.6 is 12.1 Å². The number of ether oxygens (including phenoxy) is 1. The first kappa shape index (κ1) is 11.2. The number of methoxy groups -OCH3 is 1. The van der Waals surface area contributed by atoms with Gasteiger partial charge in [0.15, 0.2) is 0 Å². The van der Waals surface area contributed by atoms with E-state index in [1.165, 1.54) is 0 Å². The molecule has 0 aromatic carbocycles. The molecule has 4 heteroatoms. The second-order valence-electron chi connectivity index (χ2n) is 2.62. The van der Waals surface area contributed by atoms with Crippen LogP contribution in [0.4, 0.5) is 0 Å². The lowest BCUT2D eigenvalue weighted by atomic mass is 10.4. The van der Waals surface area contributed by atoms with Crippen LogP contribution in [0.1, 0.15) is 13.8 Å². The van der Waals surface area contributed by atoms with Crippen LogP contribution in [-0.2, 0) is 4.74 Å². The van der Waals surface area contributed by atoms with Crippen LogP contribution in [0.2, 0.25) is 0 Å². The molecule has 0 heterocycles. The lowest BCUT2D eigenvalue weighted by Gasteiger charge is -2.19. The predicted molar refractivity (Wildman–Crippen MR) is 50.4 cm³/mol. The van der Waals surface area contributed by atoms with Gasteiger partial charge in [0.2, 0.25) is 0 Å². The van der Waals surface area contributed by atoms with Crippen LogP contribution in [0.15, 0.2) is 0 Å². The maximum Gasteiger partial charge on any atom is 0.0596 e. The molecule has 0 fully saturated rings. The van der Waals surface area contributed by atoms with Gasteiger partial charge in [-0.2, -0.15) is 0 Å². The molecule has 0 radical (unpaired) electrons. The van der Waals surface area contributed by atoms with Crippen molar-refractivity contribution in [3.8, 4) is 0 Å². The van der Waals surface area contributed by atoms with Crippen molar-refractivity contribution in [2.75, 3.05) is 27.3 Å². The zero-order chi connectivity index (χ0) is 8.69. The van der Waals surface area contributed by atoms with Crippen molar-refractivity contribution in [3.63, 3.8) is 0 Å². The Balaban J connectivity index is 3.10. The Labute approximate surface area is 73.7 Å². The van der Waals surface area contributed by atoms with E-state index in [0.29, 0.717) is 6.04 Å². The maximum atomic E-state index is 4.89. The summed E-state index contributed by atoms with van der Waals surface area (Å²) < 4.78 is 10.2. The molecule has 11 heavy (non-hydrogen) atoms. The summed E-state index contributed by atoms with van der Waals surface area (Å²) in [5, 5.41) is 0. The zero-order valence-electron chi connectivity index (χ0n) is 7.76. The summed E-state index contributed by atoms with van der Waals surface area (Å²) in [5.74, 6) is 0. The van der Waals surface area contributed by atoms with Gasteiger partial charge in [-0.3, -0.25) is 0 Å². The molecule has 0 bridgehead atoms. The van der Waals surface area contributed by atoms with Crippen LogP contribution in [0.3, 0.4) is 0 Å². The summed E-state index contributed by atoms with van der Waals surface area (Å²) in [6.45, 7) is 5.97. The second-order valence-corrected chi connectivity index (χ2v) is 3.67. The Kier molecular flexibility index (Phi) is 7.06. The number of hydrogen-bond acceptors (Lipinski definition) is 4. The van der Waals surface area contributed by atoms with Crippen molar-refractivity contribution in [2.24, 2.45) is 0 Å². The van der Waals surface area contributed by atoms with Crippen molar-refractivity contribution in [1.29, 1.82) is 0 Å². The van der Waals surface area contributed by atoms with Gasteiger partial charge in [0, 0.05) is 31.8 Å². The van der Waals surface area contributed by atoms with E-state index in [1.54, 1.807) is 19.2 Å². The van der Waals surface area contributed by atoms with E-state index in [0.717, 1.165) is 13.2 Å². The van der Waals surface area contributed by atoms with Crippen molar-refractivity contribution in [1.82, 2.24) is 9.03 Å². The van der Waals surface area contributed by atoms with E-state index in [2.05, 4.69) is 29.9 Å². The molecule has 0 spiro atoms. The minimum Gasteiger partial charge on any atom is -0.383 e. The summed E-state index contributed by atoms with van der Waals surface area (Å²) in [7, 11) is 3.77. The van der Waals surface area contributed by atoms with Crippen LogP contribution in [0.5, 0.6) is 0 Å².